The molecule has 1 fully saturated rings. The van der Waals surface area contributed by atoms with Crippen molar-refractivity contribution >= 4 is 29.6 Å². The largest absolute Gasteiger partial charge is 0.369 e. The van der Waals surface area contributed by atoms with E-state index in [9.17, 15) is 9.59 Å². The summed E-state index contributed by atoms with van der Waals surface area (Å²) < 4.78 is 0. The number of halogens is 1. The van der Waals surface area contributed by atoms with Crippen LogP contribution < -0.4 is 10.6 Å². The first-order valence-electron chi connectivity index (χ1n) is 5.48. The first kappa shape index (κ1) is 12.8. The third-order valence-electron chi connectivity index (χ3n) is 3.30. The van der Waals surface area contributed by atoms with Crippen molar-refractivity contribution in [2.75, 3.05) is 18.0 Å². The number of nitrogens with zero attached hydrogens (tertiary/aromatic N) is 3. The van der Waals surface area contributed by atoms with Crippen LogP contribution in [0, 0.1) is 5.41 Å². The minimum absolute atomic E-state index is 0.114. The molecule has 2 heterocycles. The molecule has 1 aromatic heterocycles. The van der Waals surface area contributed by atoms with E-state index in [0.29, 0.717) is 31.6 Å². The monoisotopic (exact) mass is 268 g/mol. The molecule has 1 atom stereocenters. The van der Waals surface area contributed by atoms with Gasteiger partial charge >= 0.3 is 0 Å². The molecule has 2 rings (SSSR count). The number of carbonyl (C=O) groups is 2. The van der Waals surface area contributed by atoms with Crippen LogP contribution in [0.1, 0.15) is 23.7 Å². The summed E-state index contributed by atoms with van der Waals surface area (Å²) >= 11 is 5.84. The van der Waals surface area contributed by atoms with Crippen molar-refractivity contribution in [2.45, 2.75) is 13.3 Å². The lowest BCUT2D eigenvalue weighted by Gasteiger charge is -2.22. The highest BCUT2D eigenvalue weighted by Gasteiger charge is 2.40. The molecule has 0 aliphatic carbocycles. The van der Waals surface area contributed by atoms with Crippen molar-refractivity contribution < 1.29 is 9.59 Å². The average molecular weight is 269 g/mol. The molecule has 1 unspecified atom stereocenters. The molecule has 0 aromatic carbocycles. The SMILES string of the molecule is CC1(C(N)=O)CCN(c2ncnc(Cl)c2C=O)C1. The number of carbonyl (C=O) groups excluding carboxylic acids is 2. The molecule has 2 N–H and O–H groups in total. The van der Waals surface area contributed by atoms with Crippen LogP contribution >= 0.6 is 11.6 Å². The van der Waals surface area contributed by atoms with E-state index in [1.165, 1.54) is 6.33 Å². The Morgan fingerprint density at radius 1 is 1.61 bits per heavy atom. The van der Waals surface area contributed by atoms with Crippen molar-refractivity contribution in [3.05, 3.63) is 17.0 Å². The van der Waals surface area contributed by atoms with Gasteiger partial charge in [-0.25, -0.2) is 9.97 Å². The minimum atomic E-state index is -0.600. The Morgan fingerprint density at radius 3 is 2.89 bits per heavy atom. The Balaban J connectivity index is 2.33. The number of nitrogens with two attached hydrogens (primary N) is 1. The zero-order valence-electron chi connectivity index (χ0n) is 9.89. The zero-order chi connectivity index (χ0) is 13.3. The van der Waals surface area contributed by atoms with Crippen molar-refractivity contribution in [2.24, 2.45) is 11.1 Å². The lowest BCUT2D eigenvalue weighted by molar-refractivity contribution is -0.125. The maximum absolute atomic E-state index is 11.4. The van der Waals surface area contributed by atoms with Crippen molar-refractivity contribution in [1.82, 2.24) is 9.97 Å². The Bertz CT molecular complexity index is 508. The van der Waals surface area contributed by atoms with E-state index < -0.39 is 5.41 Å². The number of hydrogen-bond acceptors (Lipinski definition) is 5. The third-order valence-corrected chi connectivity index (χ3v) is 3.60. The molecule has 1 aliphatic rings. The predicted octanol–water partition coefficient (Wildman–Crippen LogP) is 0.644. The summed E-state index contributed by atoms with van der Waals surface area (Å²) in [6, 6.07) is 0. The predicted molar refractivity (Wildman–Crippen MR) is 66.6 cm³/mol. The van der Waals surface area contributed by atoms with E-state index >= 15 is 0 Å². The Labute approximate surface area is 109 Å². The van der Waals surface area contributed by atoms with Gasteiger partial charge in [0.05, 0.1) is 11.0 Å². The number of rotatable bonds is 3. The van der Waals surface area contributed by atoms with Crippen molar-refractivity contribution in [3.8, 4) is 0 Å². The topological polar surface area (TPSA) is 89.2 Å². The summed E-state index contributed by atoms with van der Waals surface area (Å²) in [7, 11) is 0. The Hall–Kier alpha value is -1.69. The number of aromatic nitrogens is 2. The molecular formula is C11H13ClN4O2. The van der Waals surface area contributed by atoms with E-state index in [-0.39, 0.29) is 16.6 Å². The lowest BCUT2D eigenvalue weighted by atomic mass is 9.89. The van der Waals surface area contributed by atoms with Crippen molar-refractivity contribution in [1.29, 1.82) is 0 Å². The number of primary amides is 1. The van der Waals surface area contributed by atoms with Gasteiger partial charge in [-0.15, -0.1) is 0 Å². The number of amides is 1. The molecule has 6 nitrogen and oxygen atoms in total. The second-order valence-corrected chi connectivity index (χ2v) is 4.97. The number of anilines is 1. The second kappa shape index (κ2) is 4.53. The molecule has 1 aliphatic heterocycles. The van der Waals surface area contributed by atoms with Crippen LogP contribution in [0.3, 0.4) is 0 Å². The van der Waals surface area contributed by atoms with Crippen LogP contribution in [0.2, 0.25) is 5.15 Å². The van der Waals surface area contributed by atoms with Gasteiger partial charge in [0.25, 0.3) is 0 Å². The maximum atomic E-state index is 11.4. The van der Waals surface area contributed by atoms with Crippen LogP contribution in [0.15, 0.2) is 6.33 Å². The first-order valence-corrected chi connectivity index (χ1v) is 5.86. The molecule has 7 heteroatoms. The fourth-order valence-corrected chi connectivity index (χ4v) is 2.23. The number of aldehydes is 1. The summed E-state index contributed by atoms with van der Waals surface area (Å²) in [5, 5.41) is 0.114. The smallest absolute Gasteiger partial charge is 0.225 e. The molecule has 0 radical (unpaired) electrons. The van der Waals surface area contributed by atoms with E-state index in [0.717, 1.165) is 0 Å². The van der Waals surface area contributed by atoms with Crippen LogP contribution in [0.25, 0.3) is 0 Å². The molecule has 0 saturated carbocycles. The van der Waals surface area contributed by atoms with E-state index in [2.05, 4.69) is 9.97 Å². The molecule has 1 amide bonds. The van der Waals surface area contributed by atoms with Crippen LogP contribution in [-0.2, 0) is 4.79 Å². The standard InChI is InChI=1S/C11H13ClN4O2/c1-11(10(13)18)2-3-16(5-11)9-7(4-17)8(12)14-6-15-9/h4,6H,2-3,5H2,1H3,(H2,13,18). The zero-order valence-corrected chi connectivity index (χ0v) is 10.6. The normalized spacial score (nSPS) is 23.1. The van der Waals surface area contributed by atoms with Gasteiger partial charge in [-0.3, -0.25) is 9.59 Å². The summed E-state index contributed by atoms with van der Waals surface area (Å²) in [6.45, 7) is 2.84. The van der Waals surface area contributed by atoms with Crippen LogP contribution in [-0.4, -0.2) is 35.3 Å². The summed E-state index contributed by atoms with van der Waals surface area (Å²) in [6.07, 6.45) is 2.55. The van der Waals surface area contributed by atoms with E-state index in [1.54, 1.807) is 6.92 Å². The lowest BCUT2D eigenvalue weighted by Crippen LogP contribution is -2.37. The fraction of sp³-hybridized carbons (Fsp3) is 0.455. The highest BCUT2D eigenvalue weighted by Crippen LogP contribution is 2.33. The van der Waals surface area contributed by atoms with Gasteiger partial charge in [-0.2, -0.15) is 0 Å². The van der Waals surface area contributed by atoms with Crippen molar-refractivity contribution in [3.63, 3.8) is 0 Å². The van der Waals surface area contributed by atoms with Crippen LogP contribution in [0.5, 0.6) is 0 Å². The molecule has 1 aromatic rings. The Morgan fingerprint density at radius 2 is 2.33 bits per heavy atom. The molecule has 0 spiro atoms. The Kier molecular flexibility index (Phi) is 3.21. The summed E-state index contributed by atoms with van der Waals surface area (Å²) in [4.78, 5) is 32.1. The molecule has 0 bridgehead atoms. The van der Waals surface area contributed by atoms with E-state index in [1.807, 2.05) is 4.90 Å². The van der Waals surface area contributed by atoms with Crippen LogP contribution in [0.4, 0.5) is 5.82 Å². The third kappa shape index (κ3) is 2.03. The van der Waals surface area contributed by atoms with Gasteiger partial charge in [0.1, 0.15) is 17.3 Å². The summed E-state index contributed by atoms with van der Waals surface area (Å²) in [5.74, 6) is 0.104. The van der Waals surface area contributed by atoms with Gasteiger partial charge in [0.2, 0.25) is 5.91 Å². The first-order chi connectivity index (χ1) is 8.48. The van der Waals surface area contributed by atoms with Gasteiger partial charge in [-0.1, -0.05) is 11.6 Å². The molecule has 1 saturated heterocycles. The van der Waals surface area contributed by atoms with E-state index in [4.69, 9.17) is 17.3 Å². The molecule has 18 heavy (non-hydrogen) atoms. The highest BCUT2D eigenvalue weighted by molar-refractivity contribution is 6.32. The quantitative estimate of drug-likeness (QED) is 0.642. The molecular weight excluding hydrogens is 256 g/mol. The second-order valence-electron chi connectivity index (χ2n) is 4.62. The van der Waals surface area contributed by atoms with Gasteiger partial charge in [0.15, 0.2) is 6.29 Å². The highest BCUT2D eigenvalue weighted by atomic mass is 35.5. The molecule has 96 valence electrons. The fourth-order valence-electron chi connectivity index (χ4n) is 2.06. The van der Waals surface area contributed by atoms with Gasteiger partial charge in [0, 0.05) is 13.1 Å². The van der Waals surface area contributed by atoms with Gasteiger partial charge < -0.3 is 10.6 Å². The van der Waals surface area contributed by atoms with Gasteiger partial charge in [-0.05, 0) is 13.3 Å². The summed E-state index contributed by atoms with van der Waals surface area (Å²) in [5.41, 5.74) is 5.02. The maximum Gasteiger partial charge on any atom is 0.225 e. The minimum Gasteiger partial charge on any atom is -0.369 e. The number of hydrogen-bond donors (Lipinski definition) is 1. The average Bonchev–Trinajstić information content (AvgIpc) is 2.73.